The Morgan fingerprint density at radius 1 is 0.548 bits per heavy atom. The Morgan fingerprint density at radius 2 is 0.857 bits per heavy atom. The van der Waals surface area contributed by atoms with Crippen molar-refractivity contribution in [2.75, 3.05) is 106 Å². The van der Waals surface area contributed by atoms with Gasteiger partial charge in [0.15, 0.2) is 8.32 Å². The van der Waals surface area contributed by atoms with Gasteiger partial charge in [0, 0.05) is 0 Å². The summed E-state index contributed by atoms with van der Waals surface area (Å²) in [7, 11) is -5.47. The van der Waals surface area contributed by atoms with Crippen molar-refractivity contribution in [3.63, 3.8) is 0 Å². The number of ether oxygens (including phenoxy) is 7. The maximum atomic E-state index is 12.1. The Morgan fingerprint density at radius 3 is 1.19 bits per heavy atom. The lowest BCUT2D eigenvalue weighted by Gasteiger charge is -2.36. The fourth-order valence-corrected chi connectivity index (χ4v) is 4.89. The van der Waals surface area contributed by atoms with Crippen LogP contribution in [-0.2, 0) is 51.9 Å². The van der Waals surface area contributed by atoms with Crippen LogP contribution in [0.25, 0.3) is 0 Å². The number of hydrogen-bond acceptors (Lipinski definition) is 11. The van der Waals surface area contributed by atoms with Crippen molar-refractivity contribution in [3.8, 4) is 0 Å². The van der Waals surface area contributed by atoms with Crippen molar-refractivity contribution in [2.24, 2.45) is 0 Å². The van der Waals surface area contributed by atoms with E-state index in [2.05, 4.69) is 33.9 Å². The Hall–Kier alpha value is -0.973. The quantitative estimate of drug-likeness (QED) is 0.0795. The first-order valence-electron chi connectivity index (χ1n) is 14.6. The molecule has 0 unspecified atom stereocenters. The molecule has 0 aliphatic heterocycles. The molecule has 0 radical (unpaired) electrons. The van der Waals surface area contributed by atoms with E-state index in [4.69, 9.17) is 41.8 Å². The number of aryl methyl sites for hydroxylation is 1. The molecule has 0 spiro atoms. The summed E-state index contributed by atoms with van der Waals surface area (Å²) >= 11 is 0. The molecule has 0 aliphatic carbocycles. The molecule has 0 amide bonds. The average Bonchev–Trinajstić information content (AvgIpc) is 2.92. The first kappa shape index (κ1) is 39.1. The van der Waals surface area contributed by atoms with Crippen molar-refractivity contribution >= 4 is 18.4 Å². The van der Waals surface area contributed by atoms with Gasteiger partial charge in [-0.25, -0.2) is 0 Å². The minimum Gasteiger partial charge on any atom is -0.414 e. The molecule has 1 aromatic carbocycles. The summed E-state index contributed by atoms with van der Waals surface area (Å²) in [6.45, 7) is 20.0. The number of hydrogen-bond donors (Lipinski definition) is 0. The molecule has 1 aromatic rings. The van der Waals surface area contributed by atoms with Gasteiger partial charge < -0.3 is 37.6 Å². The topological polar surface area (TPSA) is 117 Å². The van der Waals surface area contributed by atoms with Crippen LogP contribution in [0.2, 0.25) is 18.1 Å². The standard InChI is InChI=1S/C29H54O11SSi/c1-27-7-9-28(10-8-27)41(30,31)39-25-23-37-21-19-35-17-15-33-13-11-32-12-14-34-16-18-36-20-22-38-24-26-40-42(5,6)29(2,3)4/h7-10H,11-26H2,1-6H3. The Bertz CT molecular complexity index is 890. The van der Waals surface area contributed by atoms with E-state index in [-0.39, 0.29) is 23.1 Å². The lowest BCUT2D eigenvalue weighted by atomic mass is 10.2. The molecule has 11 nitrogen and oxygen atoms in total. The lowest BCUT2D eigenvalue weighted by molar-refractivity contribution is -0.0219. The van der Waals surface area contributed by atoms with E-state index in [0.29, 0.717) is 92.5 Å². The second kappa shape index (κ2) is 22.5. The minimum absolute atomic E-state index is 0.0534. The third-order valence-corrected chi connectivity index (χ3v) is 12.4. The van der Waals surface area contributed by atoms with Gasteiger partial charge in [-0.05, 0) is 37.2 Å². The predicted octanol–water partition coefficient (Wildman–Crippen LogP) is 3.84. The van der Waals surface area contributed by atoms with E-state index in [1.807, 2.05) is 6.92 Å². The van der Waals surface area contributed by atoms with E-state index < -0.39 is 18.4 Å². The van der Waals surface area contributed by atoms with E-state index >= 15 is 0 Å². The summed E-state index contributed by atoms with van der Waals surface area (Å²) in [6.07, 6.45) is 0. The average molecular weight is 639 g/mol. The zero-order valence-corrected chi connectivity index (χ0v) is 28.3. The van der Waals surface area contributed by atoms with Crippen molar-refractivity contribution in [2.45, 2.75) is 50.7 Å². The Labute approximate surface area is 254 Å². The third-order valence-electron chi connectivity index (χ3n) is 6.50. The van der Waals surface area contributed by atoms with Crippen molar-refractivity contribution < 1.29 is 50.2 Å². The van der Waals surface area contributed by atoms with Gasteiger partial charge in [0.25, 0.3) is 10.1 Å². The van der Waals surface area contributed by atoms with Crippen LogP contribution in [0.3, 0.4) is 0 Å². The molecule has 0 saturated heterocycles. The summed E-state index contributed by atoms with van der Waals surface area (Å²) in [5, 5.41) is 0.210. The van der Waals surface area contributed by atoms with Gasteiger partial charge in [0.2, 0.25) is 0 Å². The van der Waals surface area contributed by atoms with Crippen molar-refractivity contribution in [3.05, 3.63) is 29.8 Å². The second-order valence-electron chi connectivity index (χ2n) is 11.0. The number of benzene rings is 1. The third kappa shape index (κ3) is 19.3. The van der Waals surface area contributed by atoms with E-state index in [9.17, 15) is 8.42 Å². The van der Waals surface area contributed by atoms with Crippen LogP contribution < -0.4 is 0 Å². The largest absolute Gasteiger partial charge is 0.414 e. The first-order chi connectivity index (χ1) is 20.0. The first-order valence-corrected chi connectivity index (χ1v) is 18.9. The van der Waals surface area contributed by atoms with Gasteiger partial charge in [-0.3, -0.25) is 4.18 Å². The molecule has 0 heterocycles. The zero-order valence-electron chi connectivity index (χ0n) is 26.5. The van der Waals surface area contributed by atoms with Gasteiger partial charge in [-0.15, -0.1) is 0 Å². The monoisotopic (exact) mass is 638 g/mol. The van der Waals surface area contributed by atoms with Crippen LogP contribution in [0.4, 0.5) is 0 Å². The highest BCUT2D eigenvalue weighted by atomic mass is 32.2. The predicted molar refractivity (Wildman–Crippen MR) is 163 cm³/mol. The van der Waals surface area contributed by atoms with Crippen molar-refractivity contribution in [1.29, 1.82) is 0 Å². The van der Waals surface area contributed by atoms with Gasteiger partial charge in [-0.1, -0.05) is 38.5 Å². The molecule has 0 aliphatic rings. The van der Waals surface area contributed by atoms with E-state index in [1.54, 1.807) is 12.1 Å². The molecule has 1 rings (SSSR count). The maximum absolute atomic E-state index is 12.1. The van der Waals surface area contributed by atoms with E-state index in [1.165, 1.54) is 12.1 Å². The molecule has 0 saturated carbocycles. The van der Waals surface area contributed by atoms with Crippen molar-refractivity contribution in [1.82, 2.24) is 0 Å². The molecule has 0 aromatic heterocycles. The van der Waals surface area contributed by atoms with Gasteiger partial charge >= 0.3 is 0 Å². The molecular weight excluding hydrogens is 584 g/mol. The minimum atomic E-state index is -3.77. The molecule has 42 heavy (non-hydrogen) atoms. The van der Waals surface area contributed by atoms with Crippen LogP contribution in [-0.4, -0.2) is 122 Å². The molecule has 246 valence electrons. The van der Waals surface area contributed by atoms with Gasteiger partial charge in [0.1, 0.15) is 0 Å². The molecule has 0 N–H and O–H groups in total. The smallest absolute Gasteiger partial charge is 0.297 e. The molecule has 0 bridgehead atoms. The van der Waals surface area contributed by atoms with Crippen LogP contribution in [0, 0.1) is 6.92 Å². The fourth-order valence-electron chi connectivity index (χ4n) is 2.97. The maximum Gasteiger partial charge on any atom is 0.297 e. The van der Waals surface area contributed by atoms with E-state index in [0.717, 1.165) is 5.56 Å². The lowest BCUT2D eigenvalue weighted by Crippen LogP contribution is -2.41. The number of rotatable bonds is 27. The van der Waals surface area contributed by atoms with Crippen LogP contribution in [0.1, 0.15) is 26.3 Å². The highest BCUT2D eigenvalue weighted by molar-refractivity contribution is 7.86. The fraction of sp³-hybridized carbons (Fsp3) is 0.793. The normalized spacial score (nSPS) is 12.7. The van der Waals surface area contributed by atoms with Crippen LogP contribution in [0.15, 0.2) is 29.2 Å². The summed E-state index contributed by atoms with van der Waals surface area (Å²) in [4.78, 5) is 0.132. The summed E-state index contributed by atoms with van der Waals surface area (Å²) < 4.78 is 73.4. The summed E-state index contributed by atoms with van der Waals surface area (Å²) in [5.41, 5.74) is 0.979. The zero-order chi connectivity index (χ0) is 31.2. The van der Waals surface area contributed by atoms with Crippen LogP contribution >= 0.6 is 0 Å². The highest BCUT2D eigenvalue weighted by Crippen LogP contribution is 2.36. The summed E-state index contributed by atoms with van der Waals surface area (Å²) in [5.74, 6) is 0. The molecular formula is C29H54O11SSi. The second-order valence-corrected chi connectivity index (χ2v) is 17.4. The SMILES string of the molecule is Cc1ccc(S(=O)(=O)OCCOCCOCCOCCOCCOCCOCCOCCO[Si](C)(C)C(C)(C)C)cc1. The summed E-state index contributed by atoms with van der Waals surface area (Å²) in [6, 6.07) is 6.49. The Kier molecular flexibility index (Phi) is 20.9. The van der Waals surface area contributed by atoms with Gasteiger partial charge in [-0.2, -0.15) is 8.42 Å². The van der Waals surface area contributed by atoms with Gasteiger partial charge in [0.05, 0.1) is 111 Å². The van der Waals surface area contributed by atoms with Crippen LogP contribution in [0.5, 0.6) is 0 Å². The molecule has 0 fully saturated rings. The Balaban J connectivity index is 1.76. The molecule has 13 heteroatoms. The highest BCUT2D eigenvalue weighted by Gasteiger charge is 2.36. The molecule has 0 atom stereocenters.